The summed E-state index contributed by atoms with van der Waals surface area (Å²) in [6.45, 7) is 0.710. The number of esters is 1. The average Bonchev–Trinajstić information content (AvgIpc) is 2.81. The van der Waals surface area contributed by atoms with E-state index >= 15 is 0 Å². The summed E-state index contributed by atoms with van der Waals surface area (Å²) in [5, 5.41) is 11.3. The number of carbonyl (C=O) groups excluding carboxylic acids is 4. The van der Waals surface area contributed by atoms with E-state index in [4.69, 9.17) is 10.00 Å². The monoisotopic (exact) mass is 344 g/mol. The minimum absolute atomic E-state index is 0.0998. The number of urea groups is 1. The molecule has 4 amide bonds. The predicted octanol–water partition coefficient (Wildman–Crippen LogP) is 0.322. The van der Waals surface area contributed by atoms with Crippen molar-refractivity contribution in [3.8, 4) is 6.07 Å². The van der Waals surface area contributed by atoms with Crippen LogP contribution < -0.4 is 5.32 Å². The highest BCUT2D eigenvalue weighted by Gasteiger charge is 2.35. The van der Waals surface area contributed by atoms with Crippen LogP contribution in [0.3, 0.4) is 0 Å². The summed E-state index contributed by atoms with van der Waals surface area (Å²) >= 11 is 0. The summed E-state index contributed by atoms with van der Waals surface area (Å²) < 4.78 is 4.95. The minimum atomic E-state index is -1.14. The first kappa shape index (κ1) is 17.9. The molecule has 25 heavy (non-hydrogen) atoms. The number of carbonyl (C=O) groups is 4. The number of likely N-dealkylation sites (N-methyl/N-ethyl adjacent to an activating group) is 1. The maximum atomic E-state index is 12.0. The van der Waals surface area contributed by atoms with Gasteiger partial charge in [0.2, 0.25) is 0 Å². The minimum Gasteiger partial charge on any atom is -0.451 e. The number of amides is 4. The molecule has 1 aromatic rings. The van der Waals surface area contributed by atoms with Crippen LogP contribution >= 0.6 is 0 Å². The number of hydrogen-bond donors (Lipinski definition) is 1. The molecule has 1 aliphatic rings. The van der Waals surface area contributed by atoms with Crippen LogP contribution in [0.25, 0.3) is 0 Å². The number of nitrogens with one attached hydrogen (secondary N) is 1. The molecule has 1 aliphatic heterocycles. The molecule has 0 spiro atoms. The molecule has 0 aromatic heterocycles. The Morgan fingerprint density at radius 2 is 2.12 bits per heavy atom. The first-order valence-corrected chi connectivity index (χ1v) is 7.37. The van der Waals surface area contributed by atoms with Gasteiger partial charge in [-0.3, -0.25) is 19.3 Å². The fraction of sp³-hybridized carbons (Fsp3) is 0.312. The Labute approximate surface area is 143 Å². The lowest BCUT2D eigenvalue weighted by atomic mass is 10.2. The van der Waals surface area contributed by atoms with Gasteiger partial charge in [0, 0.05) is 12.7 Å². The fourth-order valence-corrected chi connectivity index (χ4v) is 2.15. The molecule has 1 atom stereocenters. The van der Waals surface area contributed by atoms with Gasteiger partial charge in [-0.15, -0.1) is 0 Å². The van der Waals surface area contributed by atoms with E-state index in [0.717, 1.165) is 4.90 Å². The van der Waals surface area contributed by atoms with Crippen molar-refractivity contribution in [2.24, 2.45) is 0 Å². The molecule has 1 N–H and O–H groups in total. The van der Waals surface area contributed by atoms with E-state index in [0.29, 0.717) is 11.3 Å². The highest BCUT2D eigenvalue weighted by atomic mass is 16.5. The van der Waals surface area contributed by atoms with Crippen molar-refractivity contribution in [3.05, 3.63) is 29.8 Å². The quantitative estimate of drug-likeness (QED) is 0.607. The zero-order valence-corrected chi connectivity index (χ0v) is 13.7. The van der Waals surface area contributed by atoms with Crippen molar-refractivity contribution in [2.45, 2.75) is 13.0 Å². The average molecular weight is 344 g/mol. The lowest BCUT2D eigenvalue weighted by Crippen LogP contribution is -2.39. The van der Waals surface area contributed by atoms with Gasteiger partial charge >= 0.3 is 12.0 Å². The molecule has 1 heterocycles. The predicted molar refractivity (Wildman–Crippen MR) is 85.1 cm³/mol. The van der Waals surface area contributed by atoms with Gasteiger partial charge in [0.05, 0.1) is 11.6 Å². The van der Waals surface area contributed by atoms with Gasteiger partial charge in [-0.05, 0) is 25.1 Å². The number of nitriles is 1. The number of hydrogen-bond acceptors (Lipinski definition) is 6. The summed E-state index contributed by atoms with van der Waals surface area (Å²) in [6, 6.07) is 7.60. The third-order valence-electron chi connectivity index (χ3n) is 3.45. The molecule has 130 valence electrons. The molecule has 1 aromatic carbocycles. The highest BCUT2D eigenvalue weighted by molar-refractivity contribution is 6.04. The largest absolute Gasteiger partial charge is 0.451 e. The Morgan fingerprint density at radius 3 is 2.72 bits per heavy atom. The zero-order valence-electron chi connectivity index (χ0n) is 13.7. The van der Waals surface area contributed by atoms with Crippen LogP contribution in [-0.4, -0.2) is 59.9 Å². The van der Waals surface area contributed by atoms with Gasteiger partial charge in [-0.25, -0.2) is 4.79 Å². The van der Waals surface area contributed by atoms with Crippen LogP contribution in [0, 0.1) is 11.3 Å². The first-order chi connectivity index (χ1) is 11.8. The lowest BCUT2D eigenvalue weighted by Gasteiger charge is -2.16. The molecule has 0 unspecified atom stereocenters. The van der Waals surface area contributed by atoms with E-state index in [1.54, 1.807) is 18.2 Å². The Balaban J connectivity index is 1.90. The molecule has 0 radical (unpaired) electrons. The van der Waals surface area contributed by atoms with E-state index in [-0.39, 0.29) is 6.54 Å². The maximum Gasteiger partial charge on any atom is 0.327 e. The summed E-state index contributed by atoms with van der Waals surface area (Å²) in [4.78, 5) is 49.1. The molecule has 0 aliphatic carbocycles. The van der Waals surface area contributed by atoms with E-state index in [2.05, 4.69) is 5.32 Å². The van der Waals surface area contributed by atoms with Crippen molar-refractivity contribution >= 4 is 29.5 Å². The summed E-state index contributed by atoms with van der Waals surface area (Å²) in [5.74, 6) is -1.97. The Kier molecular flexibility index (Phi) is 5.34. The number of nitrogens with zero attached hydrogens (tertiary/aromatic N) is 3. The van der Waals surface area contributed by atoms with Gasteiger partial charge in [0.15, 0.2) is 6.10 Å². The molecule has 2 rings (SSSR count). The second-order valence-corrected chi connectivity index (χ2v) is 5.43. The van der Waals surface area contributed by atoms with Crippen molar-refractivity contribution in [1.29, 1.82) is 5.26 Å². The van der Waals surface area contributed by atoms with E-state index in [1.165, 1.54) is 24.9 Å². The maximum absolute atomic E-state index is 12.0. The first-order valence-electron chi connectivity index (χ1n) is 7.37. The smallest absolute Gasteiger partial charge is 0.327 e. The van der Waals surface area contributed by atoms with Crippen LogP contribution in [0.4, 0.5) is 10.5 Å². The summed E-state index contributed by atoms with van der Waals surface area (Å²) in [6.07, 6.45) is -1.14. The van der Waals surface area contributed by atoms with Gasteiger partial charge < -0.3 is 15.0 Å². The van der Waals surface area contributed by atoms with Gasteiger partial charge in [-0.1, -0.05) is 6.07 Å². The number of ether oxygens (including phenoxy) is 1. The molecular weight excluding hydrogens is 328 g/mol. The van der Waals surface area contributed by atoms with E-state index in [1.807, 2.05) is 6.07 Å². The van der Waals surface area contributed by atoms with Gasteiger partial charge in [0.1, 0.15) is 13.1 Å². The van der Waals surface area contributed by atoms with Crippen LogP contribution in [-0.2, 0) is 19.1 Å². The second-order valence-electron chi connectivity index (χ2n) is 5.43. The normalized spacial score (nSPS) is 14.9. The van der Waals surface area contributed by atoms with Crippen LogP contribution in [0.15, 0.2) is 24.3 Å². The molecule has 9 nitrogen and oxygen atoms in total. The summed E-state index contributed by atoms with van der Waals surface area (Å²) in [7, 11) is 1.44. The lowest BCUT2D eigenvalue weighted by molar-refractivity contribution is -0.154. The number of benzene rings is 1. The van der Waals surface area contributed by atoms with Crippen molar-refractivity contribution < 1.29 is 23.9 Å². The topological polar surface area (TPSA) is 120 Å². The van der Waals surface area contributed by atoms with E-state index in [9.17, 15) is 19.2 Å². The Morgan fingerprint density at radius 1 is 1.40 bits per heavy atom. The third-order valence-corrected chi connectivity index (χ3v) is 3.45. The summed E-state index contributed by atoms with van der Waals surface area (Å²) in [5.41, 5.74) is 0.760. The SMILES string of the molecule is C[C@H](OC(=O)CN1C(=O)CN(C)C1=O)C(=O)Nc1cccc(C#N)c1. The number of anilines is 1. The van der Waals surface area contributed by atoms with Crippen molar-refractivity contribution in [1.82, 2.24) is 9.80 Å². The van der Waals surface area contributed by atoms with Crippen LogP contribution in [0.5, 0.6) is 0 Å². The molecule has 0 saturated carbocycles. The Bertz CT molecular complexity index is 770. The van der Waals surface area contributed by atoms with Crippen LogP contribution in [0.1, 0.15) is 12.5 Å². The van der Waals surface area contributed by atoms with Crippen LogP contribution in [0.2, 0.25) is 0 Å². The molecule has 0 bridgehead atoms. The fourth-order valence-electron chi connectivity index (χ4n) is 2.15. The highest BCUT2D eigenvalue weighted by Crippen LogP contribution is 2.11. The number of rotatable bonds is 5. The van der Waals surface area contributed by atoms with Gasteiger partial charge in [0.25, 0.3) is 11.8 Å². The Hall–Kier alpha value is -3.41. The molecule has 1 fully saturated rings. The molecular formula is C16H16N4O5. The number of imide groups is 1. The third kappa shape index (κ3) is 4.32. The van der Waals surface area contributed by atoms with E-state index < -0.39 is 36.5 Å². The standard InChI is InChI=1S/C16H16N4O5/c1-10(15(23)18-12-5-3-4-11(6-12)7-17)25-14(22)9-20-13(21)8-19(2)16(20)24/h3-6,10H,8-9H2,1-2H3,(H,18,23)/t10-/m0/s1. The second kappa shape index (κ2) is 7.44. The molecule has 1 saturated heterocycles. The van der Waals surface area contributed by atoms with Crippen molar-refractivity contribution in [3.63, 3.8) is 0 Å². The van der Waals surface area contributed by atoms with Gasteiger partial charge in [-0.2, -0.15) is 5.26 Å². The van der Waals surface area contributed by atoms with Crippen molar-refractivity contribution in [2.75, 3.05) is 25.5 Å². The zero-order chi connectivity index (χ0) is 18.6. The molecule has 9 heteroatoms.